The Labute approximate surface area is 120 Å². The number of anilines is 1. The van der Waals surface area contributed by atoms with Gasteiger partial charge in [-0.15, -0.1) is 0 Å². The first-order valence-corrected chi connectivity index (χ1v) is 6.88. The molecule has 0 spiro atoms. The second kappa shape index (κ2) is 5.92. The highest BCUT2D eigenvalue weighted by atomic mass is 79.9. The summed E-state index contributed by atoms with van der Waals surface area (Å²) < 4.78 is 43.1. The Morgan fingerprint density at radius 3 is 2.53 bits per heavy atom. The molecule has 19 heavy (non-hydrogen) atoms. The third kappa shape index (κ3) is 4.50. The van der Waals surface area contributed by atoms with Gasteiger partial charge in [-0.05, 0) is 52.0 Å². The van der Waals surface area contributed by atoms with Crippen molar-refractivity contribution < 1.29 is 17.6 Å². The van der Waals surface area contributed by atoms with E-state index >= 15 is 0 Å². The molecule has 1 aromatic carbocycles. The Kier molecular flexibility index (Phi) is 4.46. The molecule has 1 aromatic heterocycles. The van der Waals surface area contributed by atoms with Crippen LogP contribution in [0.3, 0.4) is 0 Å². The second-order valence-corrected chi connectivity index (χ2v) is 5.49. The van der Waals surface area contributed by atoms with E-state index in [1.165, 1.54) is 6.07 Å². The largest absolute Gasteiger partial charge is 0.452 e. The highest BCUT2D eigenvalue weighted by Crippen LogP contribution is 2.40. The van der Waals surface area contributed by atoms with Crippen LogP contribution in [0.5, 0.6) is 0 Å². The highest BCUT2D eigenvalue weighted by molar-refractivity contribution is 9.10. The fourth-order valence-corrected chi connectivity index (χ4v) is 2.44. The van der Waals surface area contributed by atoms with Crippen molar-refractivity contribution in [2.75, 3.05) is 5.32 Å². The summed E-state index contributed by atoms with van der Waals surface area (Å²) in [5.41, 5.74) is -3.87. The molecule has 0 bridgehead atoms. The monoisotopic (exact) mass is 351 g/mol. The predicted octanol–water partition coefficient (Wildman–Crippen LogP) is 5.27. The number of benzene rings is 1. The zero-order chi connectivity index (χ0) is 13.9. The Balaban J connectivity index is 2.07. The fraction of sp³-hybridized carbons (Fsp3) is 0.167. The van der Waals surface area contributed by atoms with E-state index in [9.17, 15) is 13.2 Å². The molecule has 0 aliphatic carbocycles. The van der Waals surface area contributed by atoms with Crippen molar-refractivity contribution in [1.29, 1.82) is 0 Å². The van der Waals surface area contributed by atoms with E-state index < -0.39 is 5.51 Å². The molecule has 1 N–H and O–H groups in total. The first-order chi connectivity index (χ1) is 8.94. The van der Waals surface area contributed by atoms with E-state index in [0.717, 1.165) is 0 Å². The zero-order valence-electron chi connectivity index (χ0n) is 9.50. The van der Waals surface area contributed by atoms with Gasteiger partial charge in [-0.25, -0.2) is 0 Å². The van der Waals surface area contributed by atoms with Gasteiger partial charge in [0.15, 0.2) is 4.67 Å². The molecule has 0 fully saturated rings. The van der Waals surface area contributed by atoms with Crippen LogP contribution in [0.4, 0.5) is 18.9 Å². The lowest BCUT2D eigenvalue weighted by atomic mass is 10.3. The molecule has 2 nitrogen and oxygen atoms in total. The van der Waals surface area contributed by atoms with Gasteiger partial charge in [0.2, 0.25) is 0 Å². The minimum Gasteiger partial charge on any atom is -0.452 e. The van der Waals surface area contributed by atoms with Crippen LogP contribution in [0.15, 0.2) is 50.4 Å². The van der Waals surface area contributed by atoms with Gasteiger partial charge >= 0.3 is 5.51 Å². The summed E-state index contributed by atoms with van der Waals surface area (Å²) in [6.07, 6.45) is 0. The van der Waals surface area contributed by atoms with E-state index in [2.05, 4.69) is 21.2 Å². The van der Waals surface area contributed by atoms with Gasteiger partial charge in [0.1, 0.15) is 5.76 Å². The lowest BCUT2D eigenvalue weighted by Crippen LogP contribution is -2.03. The molecule has 2 aromatic rings. The zero-order valence-corrected chi connectivity index (χ0v) is 11.9. The number of hydrogen-bond donors (Lipinski definition) is 1. The lowest BCUT2D eigenvalue weighted by Gasteiger charge is -2.12. The summed E-state index contributed by atoms with van der Waals surface area (Å²) >= 11 is 3.03. The molecule has 0 saturated heterocycles. The summed E-state index contributed by atoms with van der Waals surface area (Å²) in [4.78, 5) is 0.139. The third-order valence-electron chi connectivity index (χ3n) is 2.19. The Morgan fingerprint density at radius 2 is 1.89 bits per heavy atom. The Morgan fingerprint density at radius 1 is 1.16 bits per heavy atom. The SMILES string of the molecule is FC(F)(F)Sc1ccccc1NCc1ccc(Br)o1. The molecule has 0 unspecified atom stereocenters. The second-order valence-electron chi connectivity index (χ2n) is 3.60. The van der Waals surface area contributed by atoms with Crippen LogP contribution in [0, 0.1) is 0 Å². The average Bonchev–Trinajstić information content (AvgIpc) is 2.72. The van der Waals surface area contributed by atoms with Crippen LogP contribution >= 0.6 is 27.7 Å². The topological polar surface area (TPSA) is 25.2 Å². The molecule has 1 heterocycles. The van der Waals surface area contributed by atoms with E-state index in [0.29, 0.717) is 22.7 Å². The number of nitrogens with one attached hydrogen (secondary N) is 1. The molecule has 0 radical (unpaired) electrons. The van der Waals surface area contributed by atoms with Gasteiger partial charge in [-0.1, -0.05) is 12.1 Å². The van der Waals surface area contributed by atoms with Crippen LogP contribution in [0.2, 0.25) is 0 Å². The lowest BCUT2D eigenvalue weighted by molar-refractivity contribution is -0.0327. The summed E-state index contributed by atoms with van der Waals surface area (Å²) in [5, 5.41) is 2.93. The van der Waals surface area contributed by atoms with Crippen LogP contribution in [0.1, 0.15) is 5.76 Å². The number of halogens is 4. The molecule has 0 saturated carbocycles. The molecular formula is C12H9BrF3NOS. The van der Waals surface area contributed by atoms with Gasteiger partial charge < -0.3 is 9.73 Å². The molecular weight excluding hydrogens is 343 g/mol. The van der Waals surface area contributed by atoms with Gasteiger partial charge in [-0.3, -0.25) is 0 Å². The molecule has 0 amide bonds. The third-order valence-corrected chi connectivity index (χ3v) is 3.43. The number of rotatable bonds is 4. The molecule has 7 heteroatoms. The summed E-state index contributed by atoms with van der Waals surface area (Å²) in [6, 6.07) is 9.76. The first-order valence-electron chi connectivity index (χ1n) is 5.27. The van der Waals surface area contributed by atoms with Gasteiger partial charge in [-0.2, -0.15) is 13.2 Å². The van der Waals surface area contributed by atoms with Gasteiger partial charge in [0.25, 0.3) is 0 Å². The molecule has 102 valence electrons. The van der Waals surface area contributed by atoms with E-state index in [1.807, 2.05) is 0 Å². The van der Waals surface area contributed by atoms with Crippen molar-refractivity contribution in [1.82, 2.24) is 0 Å². The van der Waals surface area contributed by atoms with Crippen molar-refractivity contribution in [2.24, 2.45) is 0 Å². The van der Waals surface area contributed by atoms with Crippen molar-refractivity contribution in [2.45, 2.75) is 16.9 Å². The van der Waals surface area contributed by atoms with Crippen LogP contribution in [-0.2, 0) is 6.54 Å². The van der Waals surface area contributed by atoms with Crippen LogP contribution in [-0.4, -0.2) is 5.51 Å². The average molecular weight is 352 g/mol. The minimum atomic E-state index is -4.30. The Hall–Kier alpha value is -1.08. The molecule has 0 aliphatic rings. The maximum absolute atomic E-state index is 12.4. The first kappa shape index (κ1) is 14.3. The highest BCUT2D eigenvalue weighted by Gasteiger charge is 2.30. The normalized spacial score (nSPS) is 11.6. The quantitative estimate of drug-likeness (QED) is 0.760. The number of para-hydroxylation sites is 1. The van der Waals surface area contributed by atoms with Crippen molar-refractivity contribution in [3.63, 3.8) is 0 Å². The van der Waals surface area contributed by atoms with Crippen molar-refractivity contribution >= 4 is 33.4 Å². The molecule has 0 atom stereocenters. The van der Waals surface area contributed by atoms with Gasteiger partial charge in [0, 0.05) is 10.6 Å². The standard InChI is InChI=1S/C12H9BrF3NOS/c13-11-6-5-8(18-11)7-17-9-3-1-2-4-10(9)19-12(14,15)16/h1-6,17H,7H2. The molecule has 0 aliphatic heterocycles. The van der Waals surface area contributed by atoms with Crippen LogP contribution < -0.4 is 5.32 Å². The number of hydrogen-bond acceptors (Lipinski definition) is 3. The predicted molar refractivity (Wildman–Crippen MR) is 72.1 cm³/mol. The summed E-state index contributed by atoms with van der Waals surface area (Å²) in [7, 11) is 0. The van der Waals surface area contributed by atoms with E-state index in [-0.39, 0.29) is 16.7 Å². The number of alkyl halides is 3. The van der Waals surface area contributed by atoms with Crippen LogP contribution in [0.25, 0.3) is 0 Å². The smallest absolute Gasteiger partial charge is 0.446 e. The van der Waals surface area contributed by atoms with E-state index in [4.69, 9.17) is 4.42 Å². The number of furan rings is 1. The molecule has 2 rings (SSSR count). The Bertz CT molecular complexity index is 556. The summed E-state index contributed by atoms with van der Waals surface area (Å²) in [5.74, 6) is 0.638. The fourth-order valence-electron chi connectivity index (χ4n) is 1.46. The maximum atomic E-state index is 12.4. The number of thioether (sulfide) groups is 1. The van der Waals surface area contributed by atoms with Crippen molar-refractivity contribution in [3.05, 3.63) is 46.8 Å². The van der Waals surface area contributed by atoms with Gasteiger partial charge in [0.05, 0.1) is 6.54 Å². The van der Waals surface area contributed by atoms with E-state index in [1.54, 1.807) is 30.3 Å². The van der Waals surface area contributed by atoms with Crippen molar-refractivity contribution in [3.8, 4) is 0 Å². The maximum Gasteiger partial charge on any atom is 0.446 e. The minimum absolute atomic E-state index is 0.135. The summed E-state index contributed by atoms with van der Waals surface area (Å²) in [6.45, 7) is 0.320.